The molecule has 0 aromatic heterocycles. The van der Waals surface area contributed by atoms with Gasteiger partial charge >= 0.3 is 5.97 Å². The smallest absolute Gasteiger partial charge is 0.344 e. The van der Waals surface area contributed by atoms with Gasteiger partial charge in [0.05, 0.1) is 0 Å². The fraction of sp³-hybridized carbons (Fsp3) is 0.125. The normalized spacial score (nSPS) is 10.3. The molecule has 0 saturated carbocycles. The molecule has 0 aliphatic rings. The van der Waals surface area contributed by atoms with Crippen molar-refractivity contribution >= 4 is 40.2 Å². The van der Waals surface area contributed by atoms with E-state index in [-0.39, 0.29) is 0 Å². The van der Waals surface area contributed by atoms with Gasteiger partial charge < -0.3 is 10.1 Å². The molecule has 4 nitrogen and oxygen atoms in total. The highest BCUT2D eigenvalue weighted by Gasteiger charge is 2.19. The van der Waals surface area contributed by atoms with Crippen molar-refractivity contribution in [3.63, 3.8) is 0 Å². The van der Waals surface area contributed by atoms with Gasteiger partial charge in [-0.3, -0.25) is 4.79 Å². The van der Waals surface area contributed by atoms with Crippen LogP contribution in [0.3, 0.4) is 0 Å². The number of carbonyl (C=O) groups excluding carboxylic acids is 2. The van der Waals surface area contributed by atoms with Crippen molar-refractivity contribution in [3.8, 4) is 0 Å². The Kier molecular flexibility index (Phi) is 5.64. The molecule has 1 amide bonds. The summed E-state index contributed by atoms with van der Waals surface area (Å²) in [7, 11) is 0. The van der Waals surface area contributed by atoms with Crippen LogP contribution in [0, 0.1) is 22.1 Å². The van der Waals surface area contributed by atoms with E-state index in [1.165, 1.54) is 0 Å². The van der Waals surface area contributed by atoms with Crippen molar-refractivity contribution in [1.82, 2.24) is 0 Å². The Hall–Kier alpha value is -2.03. The van der Waals surface area contributed by atoms with Crippen molar-refractivity contribution in [2.75, 3.05) is 11.9 Å². The van der Waals surface area contributed by atoms with E-state index in [1.807, 2.05) is 19.1 Å². The topological polar surface area (TPSA) is 55.4 Å². The summed E-state index contributed by atoms with van der Waals surface area (Å²) in [5.74, 6) is -3.90. The average Bonchev–Trinajstić information content (AvgIpc) is 2.48. The molecular formula is C16H12F2INO3. The Bertz CT molecular complexity index is 745. The first-order chi connectivity index (χ1) is 10.9. The Morgan fingerprint density at radius 1 is 1.17 bits per heavy atom. The molecule has 0 bridgehead atoms. The first-order valence-corrected chi connectivity index (χ1v) is 7.63. The van der Waals surface area contributed by atoms with Gasteiger partial charge in [0.25, 0.3) is 5.91 Å². The maximum Gasteiger partial charge on any atom is 0.344 e. The third-order valence-corrected chi connectivity index (χ3v) is 3.63. The van der Waals surface area contributed by atoms with Crippen LogP contribution in [0.2, 0.25) is 0 Å². The quantitative estimate of drug-likeness (QED) is 0.594. The van der Waals surface area contributed by atoms with Crippen LogP contribution in [0.1, 0.15) is 15.9 Å². The molecule has 120 valence electrons. The number of hydrogen-bond donors (Lipinski definition) is 1. The lowest BCUT2D eigenvalue weighted by Crippen LogP contribution is -2.22. The number of amides is 1. The summed E-state index contributed by atoms with van der Waals surface area (Å²) >= 11 is 2.14. The van der Waals surface area contributed by atoms with Gasteiger partial charge in [-0.25, -0.2) is 13.6 Å². The van der Waals surface area contributed by atoms with Gasteiger partial charge in [-0.05, 0) is 65.4 Å². The largest absolute Gasteiger partial charge is 0.452 e. The van der Waals surface area contributed by atoms with Gasteiger partial charge in [-0.15, -0.1) is 0 Å². The van der Waals surface area contributed by atoms with Gasteiger partial charge in [0, 0.05) is 9.26 Å². The van der Waals surface area contributed by atoms with Gasteiger partial charge in [0.15, 0.2) is 6.61 Å². The zero-order valence-electron chi connectivity index (χ0n) is 12.0. The summed E-state index contributed by atoms with van der Waals surface area (Å²) in [6, 6.07) is 8.41. The number of aryl methyl sites for hydroxylation is 1. The van der Waals surface area contributed by atoms with Crippen LogP contribution in [0.5, 0.6) is 0 Å². The van der Waals surface area contributed by atoms with Gasteiger partial charge in [0.1, 0.15) is 17.2 Å². The van der Waals surface area contributed by atoms with Crippen molar-refractivity contribution in [1.29, 1.82) is 0 Å². The van der Waals surface area contributed by atoms with E-state index in [0.717, 1.165) is 27.3 Å². The molecule has 1 N–H and O–H groups in total. The molecule has 0 saturated heterocycles. The Morgan fingerprint density at radius 3 is 2.43 bits per heavy atom. The Morgan fingerprint density at radius 2 is 1.83 bits per heavy atom. The predicted molar refractivity (Wildman–Crippen MR) is 89.2 cm³/mol. The van der Waals surface area contributed by atoms with E-state index in [0.29, 0.717) is 5.69 Å². The molecule has 0 atom stereocenters. The van der Waals surface area contributed by atoms with Crippen LogP contribution in [-0.4, -0.2) is 18.5 Å². The zero-order chi connectivity index (χ0) is 17.0. The van der Waals surface area contributed by atoms with Crippen LogP contribution in [0.4, 0.5) is 14.5 Å². The summed E-state index contributed by atoms with van der Waals surface area (Å²) in [5.41, 5.74) is 0.603. The summed E-state index contributed by atoms with van der Waals surface area (Å²) in [5, 5.41) is 2.57. The highest BCUT2D eigenvalue weighted by molar-refractivity contribution is 14.1. The molecule has 0 aliphatic heterocycles. The second-order valence-corrected chi connectivity index (χ2v) is 5.93. The standard InChI is InChI=1S/C16H12F2INO3/c1-9-7-10(19)5-6-13(9)20-14(21)8-23-16(22)15-11(17)3-2-4-12(15)18/h2-7H,8H2,1H3,(H,20,21). The minimum absolute atomic E-state index is 0.573. The minimum Gasteiger partial charge on any atom is -0.452 e. The predicted octanol–water partition coefficient (Wildman–Crippen LogP) is 3.67. The van der Waals surface area contributed by atoms with E-state index in [4.69, 9.17) is 0 Å². The maximum atomic E-state index is 13.4. The molecule has 23 heavy (non-hydrogen) atoms. The number of halogens is 3. The van der Waals surface area contributed by atoms with Crippen LogP contribution < -0.4 is 5.32 Å². The third-order valence-electron chi connectivity index (χ3n) is 2.96. The summed E-state index contributed by atoms with van der Waals surface area (Å²) < 4.78 is 32.5. The number of anilines is 1. The van der Waals surface area contributed by atoms with Gasteiger partial charge in [-0.2, -0.15) is 0 Å². The van der Waals surface area contributed by atoms with E-state index in [2.05, 4.69) is 32.6 Å². The summed E-state index contributed by atoms with van der Waals surface area (Å²) in [4.78, 5) is 23.4. The van der Waals surface area contributed by atoms with Crippen molar-refractivity contribution in [2.24, 2.45) is 0 Å². The molecule has 0 unspecified atom stereocenters. The molecule has 0 spiro atoms. The lowest BCUT2D eigenvalue weighted by molar-refractivity contribution is -0.119. The van der Waals surface area contributed by atoms with E-state index >= 15 is 0 Å². The molecule has 0 heterocycles. The number of ether oxygens (including phenoxy) is 1. The highest BCUT2D eigenvalue weighted by atomic mass is 127. The first kappa shape index (κ1) is 17.3. The summed E-state index contributed by atoms with van der Waals surface area (Å²) in [6.45, 7) is 1.18. The number of carbonyl (C=O) groups is 2. The van der Waals surface area contributed by atoms with Crippen LogP contribution in [0.25, 0.3) is 0 Å². The van der Waals surface area contributed by atoms with Crippen LogP contribution >= 0.6 is 22.6 Å². The molecule has 0 aliphatic carbocycles. The molecule has 2 aromatic carbocycles. The second-order valence-electron chi connectivity index (χ2n) is 4.68. The van der Waals surface area contributed by atoms with Crippen LogP contribution in [0.15, 0.2) is 36.4 Å². The van der Waals surface area contributed by atoms with E-state index in [9.17, 15) is 18.4 Å². The minimum atomic E-state index is -1.23. The lowest BCUT2D eigenvalue weighted by atomic mass is 10.2. The molecule has 7 heteroatoms. The van der Waals surface area contributed by atoms with Crippen molar-refractivity contribution in [3.05, 3.63) is 62.7 Å². The molecular weight excluding hydrogens is 419 g/mol. The molecule has 2 aromatic rings. The van der Waals surface area contributed by atoms with E-state index in [1.54, 1.807) is 6.07 Å². The third kappa shape index (κ3) is 4.47. The van der Waals surface area contributed by atoms with Crippen molar-refractivity contribution < 1.29 is 23.1 Å². The first-order valence-electron chi connectivity index (χ1n) is 6.55. The Balaban J connectivity index is 1.98. The van der Waals surface area contributed by atoms with Crippen molar-refractivity contribution in [2.45, 2.75) is 6.92 Å². The number of rotatable bonds is 4. The lowest BCUT2D eigenvalue weighted by Gasteiger charge is -2.10. The maximum absolute atomic E-state index is 13.4. The molecule has 0 radical (unpaired) electrons. The molecule has 0 fully saturated rings. The number of nitrogens with one attached hydrogen (secondary N) is 1. The average molecular weight is 431 g/mol. The number of hydrogen-bond acceptors (Lipinski definition) is 3. The summed E-state index contributed by atoms with van der Waals surface area (Å²) in [6.07, 6.45) is 0. The fourth-order valence-corrected chi connectivity index (χ4v) is 2.50. The highest BCUT2D eigenvalue weighted by Crippen LogP contribution is 2.18. The van der Waals surface area contributed by atoms with Gasteiger partial charge in [-0.1, -0.05) is 6.07 Å². The monoisotopic (exact) mass is 431 g/mol. The zero-order valence-corrected chi connectivity index (χ0v) is 14.2. The van der Waals surface area contributed by atoms with Crippen LogP contribution in [-0.2, 0) is 9.53 Å². The molecule has 2 rings (SSSR count). The number of esters is 1. The number of benzene rings is 2. The second kappa shape index (κ2) is 7.49. The SMILES string of the molecule is Cc1cc(I)ccc1NC(=O)COC(=O)c1c(F)cccc1F. The Labute approximate surface area is 145 Å². The fourth-order valence-electron chi connectivity index (χ4n) is 1.85. The van der Waals surface area contributed by atoms with E-state index < -0.39 is 35.7 Å². The van der Waals surface area contributed by atoms with Gasteiger partial charge in [0.2, 0.25) is 0 Å².